The van der Waals surface area contributed by atoms with Gasteiger partial charge in [-0.3, -0.25) is 0 Å². The van der Waals surface area contributed by atoms with Crippen molar-refractivity contribution in [1.29, 1.82) is 0 Å². The number of benzene rings is 1. The van der Waals surface area contributed by atoms with Crippen molar-refractivity contribution >= 4 is 5.69 Å². The molecule has 0 fully saturated rings. The Balaban J connectivity index is 2.32. The van der Waals surface area contributed by atoms with Crippen LogP contribution in [-0.4, -0.2) is 9.97 Å². The van der Waals surface area contributed by atoms with Crippen molar-refractivity contribution in [3.8, 4) is 11.8 Å². The van der Waals surface area contributed by atoms with Gasteiger partial charge in [-0.1, -0.05) is 12.1 Å². The number of anilines is 1. The molecule has 2 aromatic rings. The maximum atomic E-state index is 12.7. The summed E-state index contributed by atoms with van der Waals surface area (Å²) in [6.45, 7) is 0. The van der Waals surface area contributed by atoms with Gasteiger partial charge in [-0.15, -0.1) is 0 Å². The molecule has 0 radical (unpaired) electrons. The summed E-state index contributed by atoms with van der Waals surface area (Å²) >= 11 is 0. The van der Waals surface area contributed by atoms with Crippen LogP contribution in [0.1, 0.15) is 5.56 Å². The van der Waals surface area contributed by atoms with Gasteiger partial charge in [0.1, 0.15) is 5.75 Å². The first-order chi connectivity index (χ1) is 8.47. The molecule has 0 amide bonds. The minimum absolute atomic E-state index is 0.194. The lowest BCUT2D eigenvalue weighted by Gasteiger charge is -2.11. The Labute approximate surface area is 100 Å². The Morgan fingerprint density at radius 2 is 1.67 bits per heavy atom. The largest absolute Gasteiger partial charge is 0.424 e. The lowest BCUT2D eigenvalue weighted by molar-refractivity contribution is -0.138. The molecule has 7 heteroatoms. The van der Waals surface area contributed by atoms with Gasteiger partial charge in [0.05, 0.1) is 23.6 Å². The van der Waals surface area contributed by atoms with Crippen LogP contribution in [0.3, 0.4) is 0 Å². The molecule has 0 aliphatic carbocycles. The highest BCUT2D eigenvalue weighted by Gasteiger charge is 2.34. The zero-order valence-corrected chi connectivity index (χ0v) is 8.98. The zero-order chi connectivity index (χ0) is 13.2. The van der Waals surface area contributed by atoms with Crippen molar-refractivity contribution in [3.05, 3.63) is 42.2 Å². The second-order valence-electron chi connectivity index (χ2n) is 3.39. The van der Waals surface area contributed by atoms with Crippen LogP contribution in [0.5, 0.6) is 11.8 Å². The van der Waals surface area contributed by atoms with Crippen LogP contribution in [0.4, 0.5) is 18.9 Å². The van der Waals surface area contributed by atoms with E-state index in [2.05, 4.69) is 9.97 Å². The van der Waals surface area contributed by atoms with Gasteiger partial charge >= 0.3 is 12.2 Å². The Bertz CT molecular complexity index is 540. The third kappa shape index (κ3) is 2.68. The van der Waals surface area contributed by atoms with E-state index in [1.165, 1.54) is 30.6 Å². The van der Waals surface area contributed by atoms with Crippen LogP contribution in [0, 0.1) is 0 Å². The molecular formula is C11H8F3N3O. The standard InChI is InChI=1S/C11H8F3N3O/c12-11(13,14)8-3-1-2-4-9(8)18-10-16-5-7(15)6-17-10/h1-6H,15H2. The minimum atomic E-state index is -4.50. The van der Waals surface area contributed by atoms with Crippen LogP contribution in [0.25, 0.3) is 0 Å². The topological polar surface area (TPSA) is 61.0 Å². The number of nitrogens with zero attached hydrogens (tertiary/aromatic N) is 2. The first kappa shape index (κ1) is 12.2. The molecule has 0 saturated heterocycles. The third-order valence-corrected chi connectivity index (χ3v) is 2.04. The van der Waals surface area contributed by atoms with E-state index in [1.54, 1.807) is 0 Å². The molecule has 2 N–H and O–H groups in total. The van der Waals surface area contributed by atoms with E-state index in [1.807, 2.05) is 0 Å². The number of hydrogen-bond donors (Lipinski definition) is 1. The monoisotopic (exact) mass is 255 g/mol. The average molecular weight is 255 g/mol. The smallest absolute Gasteiger partial charge is 0.419 e. The van der Waals surface area contributed by atoms with E-state index in [0.717, 1.165) is 6.07 Å². The summed E-state index contributed by atoms with van der Waals surface area (Å²) in [6, 6.07) is 4.64. The Hall–Kier alpha value is -2.31. The number of nitrogens with two attached hydrogens (primary N) is 1. The number of hydrogen-bond acceptors (Lipinski definition) is 4. The van der Waals surface area contributed by atoms with Crippen molar-refractivity contribution in [2.24, 2.45) is 0 Å². The van der Waals surface area contributed by atoms with Crippen molar-refractivity contribution in [3.63, 3.8) is 0 Å². The predicted octanol–water partition coefficient (Wildman–Crippen LogP) is 2.87. The van der Waals surface area contributed by atoms with Crippen LogP contribution >= 0.6 is 0 Å². The van der Waals surface area contributed by atoms with Gasteiger partial charge in [0, 0.05) is 0 Å². The second-order valence-corrected chi connectivity index (χ2v) is 3.39. The molecule has 0 unspecified atom stereocenters. The first-order valence-electron chi connectivity index (χ1n) is 4.88. The quantitative estimate of drug-likeness (QED) is 0.896. The van der Waals surface area contributed by atoms with Crippen molar-refractivity contribution < 1.29 is 17.9 Å². The highest BCUT2D eigenvalue weighted by molar-refractivity contribution is 5.38. The number of alkyl halides is 3. The maximum absolute atomic E-state index is 12.7. The highest BCUT2D eigenvalue weighted by atomic mass is 19.4. The van der Waals surface area contributed by atoms with E-state index >= 15 is 0 Å². The summed E-state index contributed by atoms with van der Waals surface area (Å²) in [4.78, 5) is 7.34. The summed E-state index contributed by atoms with van der Waals surface area (Å²) < 4.78 is 43.0. The molecule has 0 aliphatic rings. The van der Waals surface area contributed by atoms with Gasteiger partial charge in [0.2, 0.25) is 0 Å². The molecule has 94 valence electrons. The SMILES string of the molecule is Nc1cnc(Oc2ccccc2C(F)(F)F)nc1. The van der Waals surface area contributed by atoms with Gasteiger partial charge in [-0.2, -0.15) is 13.2 Å². The Kier molecular flexibility index (Phi) is 3.05. The van der Waals surface area contributed by atoms with E-state index < -0.39 is 11.7 Å². The van der Waals surface area contributed by atoms with Gasteiger partial charge in [0.25, 0.3) is 0 Å². The molecular weight excluding hydrogens is 247 g/mol. The van der Waals surface area contributed by atoms with E-state index in [-0.39, 0.29) is 11.8 Å². The zero-order valence-electron chi connectivity index (χ0n) is 8.98. The van der Waals surface area contributed by atoms with Crippen molar-refractivity contribution in [2.75, 3.05) is 5.73 Å². The fourth-order valence-corrected chi connectivity index (χ4v) is 1.27. The van der Waals surface area contributed by atoms with Gasteiger partial charge in [-0.05, 0) is 12.1 Å². The second kappa shape index (κ2) is 4.52. The lowest BCUT2D eigenvalue weighted by Crippen LogP contribution is -2.07. The van der Waals surface area contributed by atoms with Gasteiger partial charge in [-0.25, -0.2) is 9.97 Å². The van der Waals surface area contributed by atoms with Gasteiger partial charge in [0.15, 0.2) is 0 Å². The van der Waals surface area contributed by atoms with E-state index in [4.69, 9.17) is 10.5 Å². The number of nitrogen functional groups attached to an aromatic ring is 1. The minimum Gasteiger partial charge on any atom is -0.424 e. The summed E-state index contributed by atoms with van der Waals surface area (Å²) in [5, 5.41) is 0. The molecule has 18 heavy (non-hydrogen) atoms. The maximum Gasteiger partial charge on any atom is 0.419 e. The van der Waals surface area contributed by atoms with Crippen molar-refractivity contribution in [2.45, 2.75) is 6.18 Å². The molecule has 0 saturated carbocycles. The average Bonchev–Trinajstić information content (AvgIpc) is 2.31. The molecule has 1 aromatic carbocycles. The molecule has 0 aliphatic heterocycles. The Morgan fingerprint density at radius 3 is 2.28 bits per heavy atom. The molecule has 1 heterocycles. The molecule has 1 aromatic heterocycles. The molecule has 0 atom stereocenters. The fourth-order valence-electron chi connectivity index (χ4n) is 1.27. The number of halogens is 3. The molecule has 0 bridgehead atoms. The molecule has 4 nitrogen and oxygen atoms in total. The molecule has 2 rings (SSSR count). The van der Waals surface area contributed by atoms with E-state index in [9.17, 15) is 13.2 Å². The van der Waals surface area contributed by atoms with E-state index in [0.29, 0.717) is 5.69 Å². The third-order valence-electron chi connectivity index (χ3n) is 2.04. The number of para-hydroxylation sites is 1. The predicted molar refractivity (Wildman–Crippen MR) is 58.0 cm³/mol. The normalized spacial score (nSPS) is 11.3. The number of ether oxygens (including phenoxy) is 1. The summed E-state index contributed by atoms with van der Waals surface area (Å²) in [6.07, 6.45) is -2.00. The van der Waals surface area contributed by atoms with Crippen LogP contribution in [-0.2, 0) is 6.18 Å². The number of rotatable bonds is 2. The van der Waals surface area contributed by atoms with Crippen LogP contribution in [0.15, 0.2) is 36.7 Å². The highest BCUT2D eigenvalue weighted by Crippen LogP contribution is 2.37. The summed E-state index contributed by atoms with van der Waals surface area (Å²) in [5.41, 5.74) is 4.77. The molecule has 0 spiro atoms. The summed E-state index contributed by atoms with van der Waals surface area (Å²) in [5.74, 6) is -0.352. The lowest BCUT2D eigenvalue weighted by atomic mass is 10.2. The first-order valence-corrected chi connectivity index (χ1v) is 4.88. The Morgan fingerprint density at radius 1 is 1.06 bits per heavy atom. The van der Waals surface area contributed by atoms with Crippen molar-refractivity contribution in [1.82, 2.24) is 9.97 Å². The fraction of sp³-hybridized carbons (Fsp3) is 0.0909. The van der Waals surface area contributed by atoms with Crippen LogP contribution < -0.4 is 10.5 Å². The summed E-state index contributed by atoms with van der Waals surface area (Å²) in [7, 11) is 0. The number of aromatic nitrogens is 2. The van der Waals surface area contributed by atoms with Crippen LogP contribution in [0.2, 0.25) is 0 Å². The van der Waals surface area contributed by atoms with Gasteiger partial charge < -0.3 is 10.5 Å².